The van der Waals surface area contributed by atoms with Crippen LogP contribution in [0.3, 0.4) is 0 Å². The van der Waals surface area contributed by atoms with Crippen molar-refractivity contribution in [3.05, 3.63) is 77.9 Å². The highest BCUT2D eigenvalue weighted by atomic mass is 32.2. The third kappa shape index (κ3) is 2.98. The van der Waals surface area contributed by atoms with E-state index in [9.17, 15) is 4.79 Å². The highest BCUT2D eigenvalue weighted by Crippen LogP contribution is 2.46. The average Bonchev–Trinajstić information content (AvgIpc) is 3.02. The number of methoxy groups -OCH3 is 1. The summed E-state index contributed by atoms with van der Waals surface area (Å²) in [4.78, 5) is 14.5. The topological polar surface area (TPSA) is 29.5 Å². The fourth-order valence-corrected chi connectivity index (χ4v) is 4.60. The minimum absolute atomic E-state index is 0.0336. The number of ether oxygens (including phenoxy) is 1. The van der Waals surface area contributed by atoms with Crippen LogP contribution in [0, 0.1) is 0 Å². The Labute approximate surface area is 151 Å². The van der Waals surface area contributed by atoms with Gasteiger partial charge in [0, 0.05) is 12.1 Å². The van der Waals surface area contributed by atoms with Gasteiger partial charge >= 0.3 is 0 Å². The Hall–Kier alpha value is -2.46. The Morgan fingerprint density at radius 3 is 2.60 bits per heavy atom. The second kappa shape index (κ2) is 6.81. The summed E-state index contributed by atoms with van der Waals surface area (Å²) in [5.41, 5.74) is 2.23. The molecule has 4 heteroatoms. The van der Waals surface area contributed by atoms with Crippen molar-refractivity contribution in [2.75, 3.05) is 12.9 Å². The van der Waals surface area contributed by atoms with Gasteiger partial charge in [0.05, 0.1) is 12.9 Å². The van der Waals surface area contributed by atoms with E-state index in [1.165, 1.54) is 0 Å². The smallest absolute Gasteiger partial charge is 0.234 e. The Kier molecular flexibility index (Phi) is 4.36. The minimum atomic E-state index is -0.0336. The summed E-state index contributed by atoms with van der Waals surface area (Å²) >= 11 is 1.67. The van der Waals surface area contributed by atoms with Gasteiger partial charge in [0.25, 0.3) is 0 Å². The van der Waals surface area contributed by atoms with Crippen molar-refractivity contribution in [3.63, 3.8) is 0 Å². The summed E-state index contributed by atoms with van der Waals surface area (Å²) in [6, 6.07) is 22.5. The molecule has 1 heterocycles. The van der Waals surface area contributed by atoms with E-state index in [0.717, 1.165) is 27.6 Å². The molecule has 25 heavy (non-hydrogen) atoms. The second-order valence-electron chi connectivity index (χ2n) is 6.07. The van der Waals surface area contributed by atoms with E-state index in [1.54, 1.807) is 18.9 Å². The molecular formula is C21H19NO2S. The summed E-state index contributed by atoms with van der Waals surface area (Å²) in [5, 5.41) is 2.28. The SMILES string of the molecule is COc1ccc2ccccc2c1C1SCC(=O)N1Cc1ccccc1. The molecule has 126 valence electrons. The van der Waals surface area contributed by atoms with Gasteiger partial charge < -0.3 is 9.64 Å². The monoisotopic (exact) mass is 349 g/mol. The van der Waals surface area contributed by atoms with Crippen LogP contribution in [0.4, 0.5) is 0 Å². The Bertz CT molecular complexity index is 910. The molecule has 0 aromatic heterocycles. The summed E-state index contributed by atoms with van der Waals surface area (Å²) in [5.74, 6) is 1.52. The van der Waals surface area contributed by atoms with Crippen LogP contribution < -0.4 is 4.74 Å². The summed E-state index contributed by atoms with van der Waals surface area (Å²) in [7, 11) is 1.69. The molecule has 1 amide bonds. The van der Waals surface area contributed by atoms with Gasteiger partial charge in [-0.25, -0.2) is 0 Å². The molecule has 0 saturated carbocycles. The molecule has 4 rings (SSSR count). The maximum absolute atomic E-state index is 12.6. The molecule has 1 saturated heterocycles. The summed E-state index contributed by atoms with van der Waals surface area (Å²) < 4.78 is 5.65. The van der Waals surface area contributed by atoms with Gasteiger partial charge in [-0.1, -0.05) is 60.7 Å². The average molecular weight is 349 g/mol. The maximum atomic E-state index is 12.6. The lowest BCUT2D eigenvalue weighted by Crippen LogP contribution is -2.28. The minimum Gasteiger partial charge on any atom is -0.496 e. The number of carbonyl (C=O) groups is 1. The van der Waals surface area contributed by atoms with Crippen LogP contribution in [-0.4, -0.2) is 23.7 Å². The van der Waals surface area contributed by atoms with E-state index in [4.69, 9.17) is 4.74 Å². The lowest BCUT2D eigenvalue weighted by molar-refractivity contribution is -0.128. The lowest BCUT2D eigenvalue weighted by atomic mass is 10.0. The number of carbonyl (C=O) groups excluding carboxylic acids is 1. The van der Waals surface area contributed by atoms with Crippen molar-refractivity contribution < 1.29 is 9.53 Å². The van der Waals surface area contributed by atoms with Crippen LogP contribution in [0.1, 0.15) is 16.5 Å². The summed E-state index contributed by atoms with van der Waals surface area (Å²) in [6.07, 6.45) is 0. The number of nitrogens with zero attached hydrogens (tertiary/aromatic N) is 1. The number of thioether (sulfide) groups is 1. The number of amides is 1. The molecule has 0 bridgehead atoms. The highest BCUT2D eigenvalue weighted by molar-refractivity contribution is 8.00. The van der Waals surface area contributed by atoms with E-state index < -0.39 is 0 Å². The molecule has 1 atom stereocenters. The zero-order chi connectivity index (χ0) is 17.2. The lowest BCUT2D eigenvalue weighted by Gasteiger charge is -2.27. The predicted octanol–water partition coefficient (Wildman–Crippen LogP) is 4.62. The molecule has 0 N–H and O–H groups in total. The number of hydrogen-bond acceptors (Lipinski definition) is 3. The predicted molar refractivity (Wildman–Crippen MR) is 103 cm³/mol. The van der Waals surface area contributed by atoms with Gasteiger partial charge in [-0.2, -0.15) is 0 Å². The Morgan fingerprint density at radius 2 is 1.80 bits per heavy atom. The van der Waals surface area contributed by atoms with Crippen molar-refractivity contribution in [2.24, 2.45) is 0 Å². The van der Waals surface area contributed by atoms with E-state index in [-0.39, 0.29) is 11.3 Å². The van der Waals surface area contributed by atoms with Crippen LogP contribution in [0.2, 0.25) is 0 Å². The zero-order valence-corrected chi connectivity index (χ0v) is 14.8. The fourth-order valence-electron chi connectivity index (χ4n) is 3.35. The molecule has 3 aromatic rings. The van der Waals surface area contributed by atoms with Crippen molar-refractivity contribution >= 4 is 28.4 Å². The number of hydrogen-bond donors (Lipinski definition) is 0. The number of benzene rings is 3. The first-order valence-corrected chi connectivity index (χ1v) is 9.33. The van der Waals surface area contributed by atoms with E-state index in [1.807, 2.05) is 41.3 Å². The van der Waals surface area contributed by atoms with Gasteiger partial charge in [0.2, 0.25) is 5.91 Å². The quantitative estimate of drug-likeness (QED) is 0.688. The zero-order valence-electron chi connectivity index (χ0n) is 14.0. The Balaban J connectivity index is 1.80. The van der Waals surface area contributed by atoms with Gasteiger partial charge in [0.1, 0.15) is 11.1 Å². The van der Waals surface area contributed by atoms with Crippen LogP contribution in [0.15, 0.2) is 66.7 Å². The van der Waals surface area contributed by atoms with E-state index >= 15 is 0 Å². The molecule has 0 spiro atoms. The number of fused-ring (bicyclic) bond motifs is 1. The van der Waals surface area contributed by atoms with Crippen molar-refractivity contribution in [2.45, 2.75) is 11.9 Å². The fraction of sp³-hybridized carbons (Fsp3) is 0.190. The maximum Gasteiger partial charge on any atom is 0.234 e. The molecule has 1 unspecified atom stereocenters. The van der Waals surface area contributed by atoms with Crippen molar-refractivity contribution in [1.82, 2.24) is 4.90 Å². The van der Waals surface area contributed by atoms with Crippen LogP contribution in [0.25, 0.3) is 10.8 Å². The largest absolute Gasteiger partial charge is 0.496 e. The normalized spacial score (nSPS) is 17.2. The molecule has 3 nitrogen and oxygen atoms in total. The van der Waals surface area contributed by atoms with Crippen molar-refractivity contribution in [1.29, 1.82) is 0 Å². The molecule has 1 aliphatic heterocycles. The molecule has 0 aliphatic carbocycles. The highest BCUT2D eigenvalue weighted by Gasteiger charge is 2.35. The second-order valence-corrected chi connectivity index (χ2v) is 7.14. The first-order valence-electron chi connectivity index (χ1n) is 8.28. The Morgan fingerprint density at radius 1 is 1.04 bits per heavy atom. The molecule has 3 aromatic carbocycles. The molecule has 1 aliphatic rings. The molecule has 1 fully saturated rings. The third-order valence-electron chi connectivity index (χ3n) is 4.56. The molecular weight excluding hydrogens is 330 g/mol. The van der Waals surface area contributed by atoms with Crippen molar-refractivity contribution in [3.8, 4) is 5.75 Å². The van der Waals surface area contributed by atoms with Gasteiger partial charge in [-0.05, 0) is 22.4 Å². The third-order valence-corrected chi connectivity index (χ3v) is 5.78. The van der Waals surface area contributed by atoms with Crippen LogP contribution in [0.5, 0.6) is 5.75 Å². The first kappa shape index (κ1) is 16.0. The van der Waals surface area contributed by atoms with Gasteiger partial charge in [-0.3, -0.25) is 4.79 Å². The van der Waals surface area contributed by atoms with Gasteiger partial charge in [-0.15, -0.1) is 11.8 Å². The van der Waals surface area contributed by atoms with Crippen LogP contribution in [-0.2, 0) is 11.3 Å². The first-order chi connectivity index (χ1) is 12.3. The summed E-state index contributed by atoms with van der Waals surface area (Å²) in [6.45, 7) is 0.615. The van der Waals surface area contributed by atoms with E-state index in [0.29, 0.717) is 12.3 Å². The standard InChI is InChI=1S/C21H19NO2S/c1-24-18-12-11-16-9-5-6-10-17(16)20(18)21-22(19(23)14-25-21)13-15-7-3-2-4-8-15/h2-12,21H,13-14H2,1H3. The van der Waals surface area contributed by atoms with Crippen LogP contribution >= 0.6 is 11.8 Å². The van der Waals surface area contributed by atoms with Gasteiger partial charge in [0.15, 0.2) is 0 Å². The molecule has 0 radical (unpaired) electrons. The number of rotatable bonds is 4. The van der Waals surface area contributed by atoms with E-state index in [2.05, 4.69) is 30.3 Å².